The van der Waals surface area contributed by atoms with E-state index in [0.717, 1.165) is 32.1 Å². The predicted octanol–water partition coefficient (Wildman–Crippen LogP) is 4.15. The molecule has 0 radical (unpaired) electrons. The lowest BCUT2D eigenvalue weighted by Gasteiger charge is -2.07. The van der Waals surface area contributed by atoms with Crippen LogP contribution in [0.4, 0.5) is 8.78 Å². The second-order valence-corrected chi connectivity index (χ2v) is 7.03. The van der Waals surface area contributed by atoms with Crippen LogP contribution >= 0.6 is 11.3 Å². The predicted molar refractivity (Wildman–Crippen MR) is 104 cm³/mol. The van der Waals surface area contributed by atoms with Crippen molar-refractivity contribution in [2.75, 3.05) is 13.2 Å². The minimum Gasteiger partial charge on any atom is -0.491 e. The number of hydrogen-bond donors (Lipinski definition) is 1. The van der Waals surface area contributed by atoms with Crippen molar-refractivity contribution in [3.8, 4) is 22.2 Å². The molecule has 0 saturated carbocycles. The van der Waals surface area contributed by atoms with Crippen LogP contribution in [0.5, 0.6) is 11.6 Å². The molecule has 2 heterocycles. The summed E-state index contributed by atoms with van der Waals surface area (Å²) >= 11 is 1.47. The van der Waals surface area contributed by atoms with Crippen molar-refractivity contribution in [2.24, 2.45) is 5.73 Å². The molecule has 0 aliphatic carbocycles. The first kappa shape index (κ1) is 18.5. The molecule has 2 aromatic carbocycles. The van der Waals surface area contributed by atoms with Crippen LogP contribution in [0.15, 0.2) is 36.5 Å². The third-order valence-corrected chi connectivity index (χ3v) is 5.08. The summed E-state index contributed by atoms with van der Waals surface area (Å²) in [5, 5.41) is 0.740. The number of nitrogens with two attached hydrogens (primary N) is 1. The van der Waals surface area contributed by atoms with Gasteiger partial charge in [-0.1, -0.05) is 6.07 Å². The lowest BCUT2D eigenvalue weighted by molar-refractivity contribution is -0.0528. The Balaban J connectivity index is 1.84. The Morgan fingerprint density at radius 3 is 2.82 bits per heavy atom. The first-order chi connectivity index (χ1) is 13.5. The van der Waals surface area contributed by atoms with Gasteiger partial charge in [0.1, 0.15) is 17.4 Å². The minimum atomic E-state index is -2.95. The molecule has 0 spiro atoms. The van der Waals surface area contributed by atoms with E-state index in [1.165, 1.54) is 17.5 Å². The van der Waals surface area contributed by atoms with Crippen LogP contribution in [0.1, 0.15) is 5.56 Å². The lowest BCUT2D eigenvalue weighted by Crippen LogP contribution is -2.10. The van der Waals surface area contributed by atoms with Crippen LogP contribution in [-0.4, -0.2) is 34.7 Å². The number of rotatable bonds is 6. The van der Waals surface area contributed by atoms with Gasteiger partial charge in [-0.3, -0.25) is 0 Å². The molecule has 4 aromatic rings. The first-order valence-corrected chi connectivity index (χ1v) is 9.32. The summed E-state index contributed by atoms with van der Waals surface area (Å²) in [6, 6.07) is 9.38. The standard InChI is InChI=1S/C19H16F2N4O2S/c1-10-7-11(16-13(8-10)24-15(9-23-16)27-19(20)21)18-25-12-3-2-4-14(17(12)28-18)26-6-5-22/h2-4,7-9,19H,5-6,22H2,1H3. The average Bonchev–Trinajstić information content (AvgIpc) is 3.09. The molecule has 6 nitrogen and oxygen atoms in total. The largest absolute Gasteiger partial charge is 0.491 e. The van der Waals surface area contributed by atoms with E-state index in [1.54, 1.807) is 6.07 Å². The van der Waals surface area contributed by atoms with Gasteiger partial charge in [0.15, 0.2) is 0 Å². The molecule has 2 N–H and O–H groups in total. The molecular formula is C19H16F2N4O2S. The third-order valence-electron chi connectivity index (χ3n) is 3.96. The van der Waals surface area contributed by atoms with Crippen molar-refractivity contribution in [3.63, 3.8) is 0 Å². The number of fused-ring (bicyclic) bond motifs is 2. The number of halogens is 2. The third kappa shape index (κ3) is 3.58. The van der Waals surface area contributed by atoms with E-state index < -0.39 is 6.61 Å². The summed E-state index contributed by atoms with van der Waals surface area (Å²) in [7, 11) is 0. The molecule has 0 aliphatic heterocycles. The second kappa shape index (κ2) is 7.61. The molecule has 0 aliphatic rings. The molecule has 9 heteroatoms. The quantitative estimate of drug-likeness (QED) is 0.522. The van der Waals surface area contributed by atoms with Crippen molar-refractivity contribution in [3.05, 3.63) is 42.1 Å². The lowest BCUT2D eigenvalue weighted by atomic mass is 10.1. The summed E-state index contributed by atoms with van der Waals surface area (Å²) in [4.78, 5) is 13.1. The van der Waals surface area contributed by atoms with Crippen LogP contribution in [-0.2, 0) is 0 Å². The van der Waals surface area contributed by atoms with Crippen LogP contribution in [0, 0.1) is 6.92 Å². The first-order valence-electron chi connectivity index (χ1n) is 8.50. The highest BCUT2D eigenvalue weighted by atomic mass is 32.1. The van der Waals surface area contributed by atoms with E-state index in [4.69, 9.17) is 15.5 Å². The Labute approximate surface area is 163 Å². The zero-order chi connectivity index (χ0) is 19.7. The molecule has 4 rings (SSSR count). The number of aromatic nitrogens is 3. The fourth-order valence-electron chi connectivity index (χ4n) is 2.88. The fraction of sp³-hybridized carbons (Fsp3) is 0.211. The number of nitrogens with zero attached hydrogens (tertiary/aromatic N) is 3. The molecular weight excluding hydrogens is 386 g/mol. The molecule has 2 aromatic heterocycles. The van der Waals surface area contributed by atoms with Crippen molar-refractivity contribution < 1.29 is 18.3 Å². The molecule has 144 valence electrons. The van der Waals surface area contributed by atoms with Crippen molar-refractivity contribution in [1.82, 2.24) is 15.0 Å². The van der Waals surface area contributed by atoms with E-state index in [2.05, 4.69) is 14.7 Å². The molecule has 0 fully saturated rings. The van der Waals surface area contributed by atoms with Gasteiger partial charge in [0.2, 0.25) is 5.88 Å². The van der Waals surface area contributed by atoms with Crippen molar-refractivity contribution >= 4 is 32.6 Å². The van der Waals surface area contributed by atoms with Gasteiger partial charge in [-0.2, -0.15) is 8.78 Å². The monoisotopic (exact) mass is 402 g/mol. The van der Waals surface area contributed by atoms with E-state index in [-0.39, 0.29) is 5.88 Å². The minimum absolute atomic E-state index is 0.221. The van der Waals surface area contributed by atoms with E-state index in [0.29, 0.717) is 24.2 Å². The van der Waals surface area contributed by atoms with Gasteiger partial charge in [0.25, 0.3) is 0 Å². The van der Waals surface area contributed by atoms with Gasteiger partial charge in [0, 0.05) is 12.1 Å². The average molecular weight is 402 g/mol. The Bertz CT molecular complexity index is 1150. The Morgan fingerprint density at radius 2 is 2.04 bits per heavy atom. The van der Waals surface area contributed by atoms with Gasteiger partial charge >= 0.3 is 6.61 Å². The Kier molecular flexibility index (Phi) is 5.01. The topological polar surface area (TPSA) is 83.2 Å². The molecule has 0 unspecified atom stereocenters. The molecule has 0 bridgehead atoms. The highest BCUT2D eigenvalue weighted by molar-refractivity contribution is 7.22. The van der Waals surface area contributed by atoms with Crippen LogP contribution in [0.3, 0.4) is 0 Å². The van der Waals surface area contributed by atoms with Crippen molar-refractivity contribution in [1.29, 1.82) is 0 Å². The smallest absolute Gasteiger partial charge is 0.388 e. The summed E-state index contributed by atoms with van der Waals surface area (Å²) in [6.07, 6.45) is 1.19. The molecule has 0 amide bonds. The Morgan fingerprint density at radius 1 is 1.18 bits per heavy atom. The van der Waals surface area contributed by atoms with Crippen molar-refractivity contribution in [2.45, 2.75) is 13.5 Å². The summed E-state index contributed by atoms with van der Waals surface area (Å²) in [6.45, 7) is -0.220. The van der Waals surface area contributed by atoms with Crippen LogP contribution in [0.2, 0.25) is 0 Å². The van der Waals surface area contributed by atoms with Gasteiger partial charge in [-0.25, -0.2) is 15.0 Å². The number of hydrogen-bond acceptors (Lipinski definition) is 7. The number of thiazole rings is 1. The summed E-state index contributed by atoms with van der Waals surface area (Å²) in [5.41, 5.74) is 9.04. The second-order valence-electron chi connectivity index (χ2n) is 6.03. The summed E-state index contributed by atoms with van der Waals surface area (Å²) in [5.74, 6) is 0.503. The Hall–Kier alpha value is -2.91. The molecule has 28 heavy (non-hydrogen) atoms. The highest BCUT2D eigenvalue weighted by Crippen LogP contribution is 2.38. The fourth-order valence-corrected chi connectivity index (χ4v) is 3.93. The van der Waals surface area contributed by atoms with E-state index >= 15 is 0 Å². The highest BCUT2D eigenvalue weighted by Gasteiger charge is 2.16. The van der Waals surface area contributed by atoms with Crippen LogP contribution in [0.25, 0.3) is 31.8 Å². The number of alkyl halides is 2. The van der Waals surface area contributed by atoms with Gasteiger partial charge < -0.3 is 15.2 Å². The number of benzene rings is 2. The maximum absolute atomic E-state index is 12.5. The normalized spacial score (nSPS) is 11.5. The molecule has 0 saturated heterocycles. The van der Waals surface area contributed by atoms with Gasteiger partial charge in [-0.15, -0.1) is 11.3 Å². The SMILES string of the molecule is Cc1cc(-c2nc3cccc(OCCN)c3s2)c2ncc(OC(F)F)nc2c1. The zero-order valence-corrected chi connectivity index (χ0v) is 15.7. The van der Waals surface area contributed by atoms with E-state index in [1.807, 2.05) is 31.2 Å². The zero-order valence-electron chi connectivity index (χ0n) is 14.9. The number of aryl methyl sites for hydroxylation is 1. The summed E-state index contributed by atoms with van der Waals surface area (Å²) < 4.78 is 35.9. The maximum Gasteiger partial charge on any atom is 0.388 e. The van der Waals surface area contributed by atoms with Gasteiger partial charge in [-0.05, 0) is 36.8 Å². The van der Waals surface area contributed by atoms with Gasteiger partial charge in [0.05, 0.1) is 27.4 Å². The maximum atomic E-state index is 12.5. The number of ether oxygens (including phenoxy) is 2. The van der Waals surface area contributed by atoms with Crippen LogP contribution < -0.4 is 15.2 Å². The van der Waals surface area contributed by atoms with E-state index in [9.17, 15) is 8.78 Å². The molecule has 0 atom stereocenters.